The average molecular weight is 380 g/mol. The van der Waals surface area contributed by atoms with Crippen LogP contribution in [-0.4, -0.2) is 34.7 Å². The van der Waals surface area contributed by atoms with Crippen molar-refractivity contribution in [2.45, 2.75) is 19.4 Å². The van der Waals surface area contributed by atoms with E-state index in [0.717, 1.165) is 5.56 Å². The summed E-state index contributed by atoms with van der Waals surface area (Å²) in [5.74, 6) is -2.03. The number of benzene rings is 2. The third-order valence-electron chi connectivity index (χ3n) is 3.83. The predicted molar refractivity (Wildman–Crippen MR) is 102 cm³/mol. The van der Waals surface area contributed by atoms with E-state index in [-0.39, 0.29) is 30.1 Å². The maximum Gasteiger partial charge on any atom is 0.328 e. The summed E-state index contributed by atoms with van der Waals surface area (Å²) in [6, 6.07) is 13.8. The van der Waals surface area contributed by atoms with Gasteiger partial charge in [-0.2, -0.15) is 5.26 Å². The smallest absolute Gasteiger partial charge is 0.328 e. The zero-order chi connectivity index (χ0) is 20.5. The number of carbonyl (C=O) groups excluding carboxylic acids is 2. The normalized spacial score (nSPS) is 11.9. The lowest BCUT2D eigenvalue weighted by Gasteiger charge is -2.17. The fraction of sp³-hybridized carbons (Fsp3) is 0.190. The average Bonchev–Trinajstić information content (AvgIpc) is 2.69. The number of ether oxygens (including phenoxy) is 1. The van der Waals surface area contributed by atoms with Gasteiger partial charge in [0.05, 0.1) is 6.61 Å². The number of hydrogen-bond donors (Lipinski definition) is 3. The number of nitrogens with zero attached hydrogens (tertiary/aromatic N) is 1. The molecule has 7 heteroatoms. The van der Waals surface area contributed by atoms with Gasteiger partial charge >= 0.3 is 5.97 Å². The van der Waals surface area contributed by atoms with Crippen molar-refractivity contribution in [3.63, 3.8) is 0 Å². The van der Waals surface area contributed by atoms with Gasteiger partial charge in [0, 0.05) is 6.42 Å². The summed E-state index contributed by atoms with van der Waals surface area (Å²) < 4.78 is 5.02. The first kappa shape index (κ1) is 20.5. The maximum absolute atomic E-state index is 12.5. The van der Waals surface area contributed by atoms with Gasteiger partial charge in [-0.1, -0.05) is 36.4 Å². The molecule has 0 aliphatic heterocycles. The van der Waals surface area contributed by atoms with Crippen LogP contribution >= 0.6 is 0 Å². The Balaban J connectivity index is 2.21. The van der Waals surface area contributed by atoms with Gasteiger partial charge in [0.1, 0.15) is 17.7 Å². The van der Waals surface area contributed by atoms with E-state index in [1.807, 2.05) is 30.3 Å². The van der Waals surface area contributed by atoms with Gasteiger partial charge < -0.3 is 20.3 Å². The lowest BCUT2D eigenvalue weighted by atomic mass is 10.0. The molecule has 2 aromatic rings. The van der Waals surface area contributed by atoms with E-state index in [2.05, 4.69) is 5.32 Å². The molecule has 0 saturated heterocycles. The minimum atomic E-state index is -0.958. The fourth-order valence-electron chi connectivity index (χ4n) is 2.47. The van der Waals surface area contributed by atoms with Gasteiger partial charge in [-0.25, -0.2) is 4.79 Å². The van der Waals surface area contributed by atoms with Gasteiger partial charge in [-0.3, -0.25) is 4.79 Å². The van der Waals surface area contributed by atoms with Crippen molar-refractivity contribution in [2.75, 3.05) is 6.61 Å². The monoisotopic (exact) mass is 380 g/mol. The number of nitriles is 1. The van der Waals surface area contributed by atoms with E-state index in [0.29, 0.717) is 5.56 Å². The van der Waals surface area contributed by atoms with E-state index in [9.17, 15) is 25.1 Å². The van der Waals surface area contributed by atoms with Crippen LogP contribution in [0.1, 0.15) is 18.1 Å². The van der Waals surface area contributed by atoms with Crippen LogP contribution < -0.4 is 5.32 Å². The summed E-state index contributed by atoms with van der Waals surface area (Å²) in [5.41, 5.74) is 0.914. The highest BCUT2D eigenvalue weighted by molar-refractivity contribution is 6.03. The third-order valence-corrected chi connectivity index (χ3v) is 3.83. The second-order valence-corrected chi connectivity index (χ2v) is 5.89. The number of phenolic OH excluding ortho intramolecular Hbond substituents is 2. The zero-order valence-corrected chi connectivity index (χ0v) is 15.3. The Morgan fingerprint density at radius 1 is 1.18 bits per heavy atom. The van der Waals surface area contributed by atoms with Crippen molar-refractivity contribution in [1.82, 2.24) is 5.32 Å². The molecule has 0 saturated carbocycles. The topological polar surface area (TPSA) is 120 Å². The molecule has 0 aliphatic carbocycles. The predicted octanol–water partition coefficient (Wildman–Crippen LogP) is 2.30. The molecular formula is C21H20N2O5. The van der Waals surface area contributed by atoms with Gasteiger partial charge in [0.15, 0.2) is 11.5 Å². The number of nitrogens with one attached hydrogen (secondary N) is 1. The lowest BCUT2D eigenvalue weighted by Crippen LogP contribution is -2.43. The van der Waals surface area contributed by atoms with Crippen LogP contribution in [0.2, 0.25) is 0 Å². The highest BCUT2D eigenvalue weighted by Gasteiger charge is 2.24. The van der Waals surface area contributed by atoms with E-state index in [1.54, 1.807) is 13.0 Å². The van der Waals surface area contributed by atoms with Crippen molar-refractivity contribution in [1.29, 1.82) is 5.26 Å². The molecule has 1 unspecified atom stereocenters. The summed E-state index contributed by atoms with van der Waals surface area (Å²) in [5, 5.41) is 30.7. The largest absolute Gasteiger partial charge is 0.504 e. The van der Waals surface area contributed by atoms with E-state index in [1.165, 1.54) is 24.3 Å². The lowest BCUT2D eigenvalue weighted by molar-refractivity contribution is -0.147. The van der Waals surface area contributed by atoms with E-state index >= 15 is 0 Å². The second-order valence-electron chi connectivity index (χ2n) is 5.89. The molecule has 0 radical (unpaired) electrons. The summed E-state index contributed by atoms with van der Waals surface area (Å²) in [6.07, 6.45) is 1.46. The number of hydrogen-bond acceptors (Lipinski definition) is 6. The summed E-state index contributed by atoms with van der Waals surface area (Å²) in [6.45, 7) is 1.82. The molecule has 2 rings (SSSR count). The molecule has 0 heterocycles. The second kappa shape index (κ2) is 9.78. The third kappa shape index (κ3) is 5.61. The Labute approximate surface area is 162 Å². The summed E-state index contributed by atoms with van der Waals surface area (Å²) in [7, 11) is 0. The van der Waals surface area contributed by atoms with Crippen LogP contribution in [0.15, 0.2) is 54.1 Å². The molecule has 0 aromatic heterocycles. The standard InChI is InChI=1S/C21H20N2O5/c1-2-28-21(27)17(11-14-6-4-3-5-7-14)23-20(26)16(13-22)10-15-8-9-18(24)19(25)12-15/h3-10,12,17,24-25H,2,11H2,1H3,(H,23,26)/b16-10-. The van der Waals surface area contributed by atoms with Gasteiger partial charge in [-0.15, -0.1) is 0 Å². The van der Waals surface area contributed by atoms with Gasteiger partial charge in [0.2, 0.25) is 0 Å². The number of rotatable bonds is 7. The Kier molecular flexibility index (Phi) is 7.17. The van der Waals surface area contributed by atoms with Crippen molar-refractivity contribution in [2.24, 2.45) is 0 Å². The SMILES string of the molecule is CCOC(=O)C(Cc1ccccc1)NC(=O)/C(C#N)=C\c1ccc(O)c(O)c1. The maximum atomic E-state index is 12.5. The molecule has 7 nitrogen and oxygen atoms in total. The zero-order valence-electron chi connectivity index (χ0n) is 15.3. The quantitative estimate of drug-likeness (QED) is 0.293. The van der Waals surface area contributed by atoms with Crippen molar-refractivity contribution in [3.05, 3.63) is 65.2 Å². The first-order valence-electron chi connectivity index (χ1n) is 8.59. The minimum Gasteiger partial charge on any atom is -0.504 e. The van der Waals surface area contributed by atoms with Gasteiger partial charge in [-0.05, 0) is 36.3 Å². The minimum absolute atomic E-state index is 0.160. The molecule has 0 fully saturated rings. The summed E-state index contributed by atoms with van der Waals surface area (Å²) in [4.78, 5) is 24.8. The number of carbonyl (C=O) groups is 2. The van der Waals surface area contributed by atoms with Crippen molar-refractivity contribution in [3.8, 4) is 17.6 Å². The highest BCUT2D eigenvalue weighted by Crippen LogP contribution is 2.25. The molecule has 28 heavy (non-hydrogen) atoms. The number of esters is 1. The summed E-state index contributed by atoms with van der Waals surface area (Å²) >= 11 is 0. The molecule has 144 valence electrons. The molecular weight excluding hydrogens is 360 g/mol. The van der Waals surface area contributed by atoms with Crippen LogP contribution in [0.3, 0.4) is 0 Å². The van der Waals surface area contributed by atoms with E-state index < -0.39 is 17.9 Å². The molecule has 1 amide bonds. The van der Waals surface area contributed by atoms with Crippen LogP contribution in [-0.2, 0) is 20.7 Å². The van der Waals surface area contributed by atoms with Crippen molar-refractivity contribution < 1.29 is 24.5 Å². The molecule has 0 aliphatic rings. The number of amides is 1. The molecule has 2 aromatic carbocycles. The highest BCUT2D eigenvalue weighted by atomic mass is 16.5. The molecule has 0 bridgehead atoms. The number of aromatic hydroxyl groups is 2. The molecule has 1 atom stereocenters. The Bertz CT molecular complexity index is 916. The first-order valence-corrected chi connectivity index (χ1v) is 8.59. The molecule has 0 spiro atoms. The Morgan fingerprint density at radius 2 is 1.89 bits per heavy atom. The number of phenols is 2. The first-order chi connectivity index (χ1) is 13.4. The van der Waals surface area contributed by atoms with Crippen molar-refractivity contribution >= 4 is 18.0 Å². The molecule has 3 N–H and O–H groups in total. The van der Waals surface area contributed by atoms with Crippen LogP contribution in [0.4, 0.5) is 0 Å². The van der Waals surface area contributed by atoms with Crippen LogP contribution in [0.25, 0.3) is 6.08 Å². The Morgan fingerprint density at radius 3 is 2.50 bits per heavy atom. The van der Waals surface area contributed by atoms with E-state index in [4.69, 9.17) is 4.74 Å². The van der Waals surface area contributed by atoms with Crippen LogP contribution in [0.5, 0.6) is 11.5 Å². The van der Waals surface area contributed by atoms with Gasteiger partial charge in [0.25, 0.3) is 5.91 Å². The van der Waals surface area contributed by atoms with Crippen LogP contribution in [0, 0.1) is 11.3 Å². The fourth-order valence-corrected chi connectivity index (χ4v) is 2.47. The Hall–Kier alpha value is -3.79.